The Bertz CT molecular complexity index is 570. The number of hydrogen-bond acceptors (Lipinski definition) is 4. The molecule has 1 rings (SSSR count). The fourth-order valence-corrected chi connectivity index (χ4v) is 2.11. The van der Waals surface area contributed by atoms with Gasteiger partial charge in [-0.15, -0.1) is 0 Å². The van der Waals surface area contributed by atoms with Crippen LogP contribution in [0.2, 0.25) is 0 Å². The van der Waals surface area contributed by atoms with E-state index in [0.29, 0.717) is 6.42 Å². The predicted molar refractivity (Wildman–Crippen MR) is 86.1 cm³/mol. The average molecular weight is 361 g/mol. The lowest BCUT2D eigenvalue weighted by Gasteiger charge is -2.19. The van der Waals surface area contributed by atoms with Gasteiger partial charge in [0.2, 0.25) is 0 Å². The predicted octanol–water partition coefficient (Wildman–Crippen LogP) is 4.01. The van der Waals surface area contributed by atoms with Crippen molar-refractivity contribution in [3.63, 3.8) is 0 Å². The maximum atomic E-state index is 12.5. The highest BCUT2D eigenvalue weighted by Gasteiger charge is 2.30. The summed E-state index contributed by atoms with van der Waals surface area (Å²) in [5.41, 5.74) is -0.701. The fraction of sp³-hybridized carbons (Fsp3) is 0.529. The van der Waals surface area contributed by atoms with Gasteiger partial charge in [0.1, 0.15) is 0 Å². The van der Waals surface area contributed by atoms with Crippen molar-refractivity contribution < 1.29 is 32.6 Å². The van der Waals surface area contributed by atoms with Crippen molar-refractivity contribution in [2.75, 3.05) is 11.9 Å². The Morgan fingerprint density at radius 3 is 2.28 bits per heavy atom. The lowest BCUT2D eigenvalue weighted by molar-refractivity contribution is -0.137. The standard InChI is InChI=1S/C17H22F3NO4/c1-11(2)10-15(14(23)4-3-9-22)25-16(24)21-13-7-5-12(6-8-13)17(18,19)20/h5-8,11,15,22H,3-4,9-10H2,1-2H3,(H,21,24)/t15-/m0/s1. The van der Waals surface area contributed by atoms with Crippen molar-refractivity contribution in [3.8, 4) is 0 Å². The van der Waals surface area contributed by atoms with Crippen LogP contribution in [0.3, 0.4) is 0 Å². The fourth-order valence-electron chi connectivity index (χ4n) is 2.11. The largest absolute Gasteiger partial charge is 0.438 e. The molecule has 0 saturated carbocycles. The van der Waals surface area contributed by atoms with Crippen LogP contribution in [-0.2, 0) is 15.7 Å². The molecule has 5 nitrogen and oxygen atoms in total. The SMILES string of the molecule is CC(C)C[C@H](OC(=O)Nc1ccc(C(F)(F)F)cc1)C(=O)CCCO. The molecule has 0 saturated heterocycles. The molecule has 0 aliphatic heterocycles. The number of nitrogens with one attached hydrogen (secondary N) is 1. The zero-order valence-electron chi connectivity index (χ0n) is 14.1. The van der Waals surface area contributed by atoms with E-state index < -0.39 is 23.9 Å². The van der Waals surface area contributed by atoms with Crippen LogP contribution in [0.4, 0.5) is 23.7 Å². The average Bonchev–Trinajstić information content (AvgIpc) is 2.51. The third-order valence-electron chi connectivity index (χ3n) is 3.33. The Hall–Kier alpha value is -2.09. The number of ether oxygens (including phenoxy) is 1. The molecule has 0 heterocycles. The number of rotatable bonds is 8. The minimum atomic E-state index is -4.46. The number of ketones is 1. The van der Waals surface area contributed by atoms with Crippen LogP contribution in [0.15, 0.2) is 24.3 Å². The van der Waals surface area contributed by atoms with E-state index in [4.69, 9.17) is 9.84 Å². The minimum absolute atomic E-state index is 0.0848. The first-order valence-electron chi connectivity index (χ1n) is 7.92. The van der Waals surface area contributed by atoms with Gasteiger partial charge in [-0.2, -0.15) is 13.2 Å². The van der Waals surface area contributed by atoms with Crippen molar-refractivity contribution in [2.45, 2.75) is 45.4 Å². The highest BCUT2D eigenvalue weighted by molar-refractivity contribution is 5.89. The second-order valence-corrected chi connectivity index (χ2v) is 6.02. The zero-order valence-corrected chi connectivity index (χ0v) is 14.1. The Morgan fingerprint density at radius 1 is 1.20 bits per heavy atom. The number of alkyl halides is 3. The summed E-state index contributed by atoms with van der Waals surface area (Å²) in [7, 11) is 0. The first kappa shape index (κ1) is 21.0. The molecule has 0 unspecified atom stereocenters. The third kappa shape index (κ3) is 7.55. The van der Waals surface area contributed by atoms with Crippen LogP contribution < -0.4 is 5.32 Å². The molecule has 2 N–H and O–H groups in total. The first-order valence-corrected chi connectivity index (χ1v) is 7.92. The van der Waals surface area contributed by atoms with Gasteiger partial charge in [-0.1, -0.05) is 13.8 Å². The number of aliphatic hydroxyl groups excluding tert-OH is 1. The Balaban J connectivity index is 2.68. The quantitative estimate of drug-likeness (QED) is 0.734. The number of amides is 1. The molecule has 1 atom stereocenters. The molecule has 1 aromatic rings. The van der Waals surface area contributed by atoms with E-state index in [1.54, 1.807) is 0 Å². The lowest BCUT2D eigenvalue weighted by Crippen LogP contribution is -2.31. The number of Topliss-reactive ketones (excluding diaryl/α,β-unsaturated/α-hetero) is 1. The van der Waals surface area contributed by atoms with Crippen molar-refractivity contribution >= 4 is 17.6 Å². The summed E-state index contributed by atoms with van der Waals surface area (Å²) in [5, 5.41) is 11.1. The Kier molecular flexibility index (Phi) is 7.89. The highest BCUT2D eigenvalue weighted by atomic mass is 19.4. The zero-order chi connectivity index (χ0) is 19.0. The van der Waals surface area contributed by atoms with Crippen LogP contribution in [-0.4, -0.2) is 29.7 Å². The van der Waals surface area contributed by atoms with E-state index in [1.807, 2.05) is 13.8 Å². The number of anilines is 1. The van der Waals surface area contributed by atoms with Gasteiger partial charge in [0.15, 0.2) is 11.9 Å². The lowest BCUT2D eigenvalue weighted by atomic mass is 10.0. The van der Waals surface area contributed by atoms with Gasteiger partial charge in [-0.3, -0.25) is 10.1 Å². The van der Waals surface area contributed by atoms with E-state index in [9.17, 15) is 22.8 Å². The smallest absolute Gasteiger partial charge is 0.416 e. The van der Waals surface area contributed by atoms with Gasteiger partial charge in [-0.25, -0.2) is 4.79 Å². The van der Waals surface area contributed by atoms with Gasteiger partial charge < -0.3 is 9.84 Å². The summed E-state index contributed by atoms with van der Waals surface area (Å²) in [6.07, 6.45) is -5.65. The van der Waals surface area contributed by atoms with E-state index in [-0.39, 0.29) is 36.8 Å². The second-order valence-electron chi connectivity index (χ2n) is 6.02. The van der Waals surface area contributed by atoms with Gasteiger partial charge >= 0.3 is 12.3 Å². The molecule has 8 heteroatoms. The van der Waals surface area contributed by atoms with Crippen molar-refractivity contribution in [2.24, 2.45) is 5.92 Å². The van der Waals surface area contributed by atoms with Gasteiger partial charge in [0, 0.05) is 18.7 Å². The number of carbonyl (C=O) groups is 2. The summed E-state index contributed by atoms with van der Waals surface area (Å²) >= 11 is 0. The molecule has 25 heavy (non-hydrogen) atoms. The van der Waals surface area contributed by atoms with Crippen LogP contribution in [0, 0.1) is 5.92 Å². The number of halogens is 3. The summed E-state index contributed by atoms with van der Waals surface area (Å²) in [6.45, 7) is 3.59. The van der Waals surface area contributed by atoms with Gasteiger partial charge in [0.05, 0.1) is 5.56 Å². The minimum Gasteiger partial charge on any atom is -0.438 e. The summed E-state index contributed by atoms with van der Waals surface area (Å²) in [6, 6.07) is 3.89. The van der Waals surface area contributed by atoms with Crippen LogP contribution in [0.5, 0.6) is 0 Å². The maximum Gasteiger partial charge on any atom is 0.416 e. The molecule has 0 spiro atoms. The molecule has 0 aromatic heterocycles. The third-order valence-corrected chi connectivity index (χ3v) is 3.33. The first-order chi connectivity index (χ1) is 11.6. The highest BCUT2D eigenvalue weighted by Crippen LogP contribution is 2.29. The molecule has 1 amide bonds. The Labute approximate surface area is 144 Å². The van der Waals surface area contributed by atoms with Crippen molar-refractivity contribution in [3.05, 3.63) is 29.8 Å². The summed E-state index contributed by atoms with van der Waals surface area (Å²) in [5.74, 6) is -0.202. The maximum absolute atomic E-state index is 12.5. The molecule has 140 valence electrons. The topological polar surface area (TPSA) is 75.6 Å². The van der Waals surface area contributed by atoms with E-state index >= 15 is 0 Å². The Morgan fingerprint density at radius 2 is 1.80 bits per heavy atom. The van der Waals surface area contributed by atoms with Gasteiger partial charge in [-0.05, 0) is 43.0 Å². The summed E-state index contributed by atoms with van der Waals surface area (Å²) < 4.78 is 42.6. The molecule has 0 aliphatic rings. The van der Waals surface area contributed by atoms with E-state index in [2.05, 4.69) is 5.32 Å². The molecule has 1 aromatic carbocycles. The van der Waals surface area contributed by atoms with Crippen LogP contribution in [0.1, 0.15) is 38.7 Å². The molecule has 0 fully saturated rings. The van der Waals surface area contributed by atoms with Crippen LogP contribution >= 0.6 is 0 Å². The van der Waals surface area contributed by atoms with Gasteiger partial charge in [0.25, 0.3) is 0 Å². The molecule has 0 bridgehead atoms. The van der Waals surface area contributed by atoms with Crippen molar-refractivity contribution in [1.29, 1.82) is 0 Å². The van der Waals surface area contributed by atoms with E-state index in [1.165, 1.54) is 0 Å². The monoisotopic (exact) mass is 361 g/mol. The molecular weight excluding hydrogens is 339 g/mol. The van der Waals surface area contributed by atoms with Crippen LogP contribution in [0.25, 0.3) is 0 Å². The van der Waals surface area contributed by atoms with E-state index in [0.717, 1.165) is 24.3 Å². The molecule has 0 aliphatic carbocycles. The number of benzene rings is 1. The number of aliphatic hydroxyl groups is 1. The number of hydrogen-bond donors (Lipinski definition) is 2. The number of carbonyl (C=O) groups excluding carboxylic acids is 2. The normalized spacial score (nSPS) is 12.8. The molecular formula is C17H22F3NO4. The van der Waals surface area contributed by atoms with Crippen molar-refractivity contribution in [1.82, 2.24) is 0 Å². The second kappa shape index (κ2) is 9.41. The molecule has 0 radical (unpaired) electrons. The summed E-state index contributed by atoms with van der Waals surface area (Å²) in [4.78, 5) is 23.9.